The smallest absolute Gasteiger partial charge is 0.175 e. The minimum atomic E-state index is -3.20. The van der Waals surface area contributed by atoms with E-state index in [4.69, 9.17) is 0 Å². The molecule has 1 atom stereocenters. The number of piperazine rings is 1. The van der Waals surface area contributed by atoms with Crippen molar-refractivity contribution in [3.63, 3.8) is 0 Å². The predicted octanol–water partition coefficient (Wildman–Crippen LogP) is 1.25. The minimum absolute atomic E-state index is 0.121. The fourth-order valence-corrected chi connectivity index (χ4v) is 3.82. The first-order valence-electron chi connectivity index (χ1n) is 7.21. The van der Waals surface area contributed by atoms with Crippen LogP contribution in [0, 0.1) is 12.0 Å². The summed E-state index contributed by atoms with van der Waals surface area (Å²) >= 11 is 0. The van der Waals surface area contributed by atoms with E-state index in [1.54, 1.807) is 12.1 Å². The Kier molecular flexibility index (Phi) is 3.84. The highest BCUT2D eigenvalue weighted by atomic mass is 32.2. The third-order valence-corrected chi connectivity index (χ3v) is 5.28. The van der Waals surface area contributed by atoms with Gasteiger partial charge in [0, 0.05) is 38.5 Å². The maximum atomic E-state index is 12.0. The number of hydrogen-bond acceptors (Lipinski definition) is 4. The van der Waals surface area contributed by atoms with Gasteiger partial charge in [0.1, 0.15) is 0 Å². The van der Waals surface area contributed by atoms with Gasteiger partial charge >= 0.3 is 0 Å². The van der Waals surface area contributed by atoms with Crippen molar-refractivity contribution in [1.29, 1.82) is 0 Å². The molecule has 1 N–H and O–H groups in total. The predicted molar refractivity (Wildman–Crippen MR) is 78.3 cm³/mol. The van der Waals surface area contributed by atoms with E-state index in [2.05, 4.69) is 16.3 Å². The molecule has 2 fully saturated rings. The van der Waals surface area contributed by atoms with Crippen LogP contribution in [0.1, 0.15) is 24.4 Å². The third-order valence-electron chi connectivity index (χ3n) is 4.12. The second kappa shape index (κ2) is 5.47. The second-order valence-corrected chi connectivity index (χ2v) is 7.86. The molecule has 5 heteroatoms. The Balaban J connectivity index is 1.93. The van der Waals surface area contributed by atoms with E-state index < -0.39 is 9.84 Å². The van der Waals surface area contributed by atoms with Crippen molar-refractivity contribution in [1.82, 2.24) is 10.2 Å². The van der Waals surface area contributed by atoms with Crippen LogP contribution in [0.4, 0.5) is 0 Å². The molecular formula is C15H21N2O2S. The molecule has 0 amide bonds. The van der Waals surface area contributed by atoms with Crippen molar-refractivity contribution in [2.24, 2.45) is 5.92 Å². The fourth-order valence-electron chi connectivity index (χ4n) is 2.90. The van der Waals surface area contributed by atoms with Crippen molar-refractivity contribution in [3.8, 4) is 0 Å². The Bertz CT molecular complexity index is 581. The summed E-state index contributed by atoms with van der Waals surface area (Å²) in [5, 5.41) is 3.38. The van der Waals surface area contributed by atoms with Crippen LogP contribution in [0.3, 0.4) is 0 Å². The topological polar surface area (TPSA) is 49.4 Å². The van der Waals surface area contributed by atoms with Gasteiger partial charge in [0.05, 0.1) is 4.90 Å². The highest BCUT2D eigenvalue weighted by molar-refractivity contribution is 7.90. The minimum Gasteiger partial charge on any atom is -0.314 e. The Morgan fingerprint density at radius 2 is 2.25 bits per heavy atom. The third kappa shape index (κ3) is 3.05. The van der Waals surface area contributed by atoms with Crippen LogP contribution in [0.2, 0.25) is 0 Å². The average molecular weight is 293 g/mol. The monoisotopic (exact) mass is 293 g/mol. The number of rotatable bonds is 4. The molecule has 0 aromatic heterocycles. The van der Waals surface area contributed by atoms with Gasteiger partial charge in [0.15, 0.2) is 9.84 Å². The van der Waals surface area contributed by atoms with Gasteiger partial charge in [-0.25, -0.2) is 8.42 Å². The lowest BCUT2D eigenvalue weighted by atomic mass is 10.0. The standard InChI is InChI=1S/C15H21N2O2S/c1-20(18,19)15-5-3-2-4-13(15)14-10-16-8-9-17(14)11-12-6-7-12/h2-3,5,12,14,16H,6-11H2,1H3. The zero-order chi connectivity index (χ0) is 14.2. The Hall–Kier alpha value is -0.910. The van der Waals surface area contributed by atoms with E-state index >= 15 is 0 Å². The normalized spacial score (nSPS) is 24.8. The first kappa shape index (κ1) is 14.0. The van der Waals surface area contributed by atoms with Crippen LogP contribution < -0.4 is 5.32 Å². The van der Waals surface area contributed by atoms with Gasteiger partial charge in [0.25, 0.3) is 0 Å². The molecule has 1 saturated heterocycles. The van der Waals surface area contributed by atoms with E-state index in [0.29, 0.717) is 4.90 Å². The van der Waals surface area contributed by atoms with E-state index in [1.165, 1.54) is 19.1 Å². The van der Waals surface area contributed by atoms with Crippen molar-refractivity contribution in [2.45, 2.75) is 23.8 Å². The van der Waals surface area contributed by atoms with Crippen molar-refractivity contribution in [3.05, 3.63) is 29.8 Å². The lowest BCUT2D eigenvalue weighted by Gasteiger charge is -2.37. The molecule has 1 aliphatic carbocycles. The molecule has 1 unspecified atom stereocenters. The van der Waals surface area contributed by atoms with Gasteiger partial charge in [-0.15, -0.1) is 0 Å². The van der Waals surface area contributed by atoms with Gasteiger partial charge in [-0.1, -0.05) is 12.1 Å². The second-order valence-electron chi connectivity index (χ2n) is 5.88. The van der Waals surface area contributed by atoms with E-state index in [-0.39, 0.29) is 6.04 Å². The molecule has 1 aromatic carbocycles. The molecular weight excluding hydrogens is 272 g/mol. The zero-order valence-electron chi connectivity index (χ0n) is 11.8. The van der Waals surface area contributed by atoms with Crippen LogP contribution >= 0.6 is 0 Å². The Labute approximate surface area is 121 Å². The Morgan fingerprint density at radius 1 is 1.45 bits per heavy atom. The van der Waals surface area contributed by atoms with Gasteiger partial charge in [-0.2, -0.15) is 0 Å². The largest absolute Gasteiger partial charge is 0.314 e. The summed E-state index contributed by atoms with van der Waals surface area (Å²) in [7, 11) is -3.20. The molecule has 1 aromatic rings. The lowest BCUT2D eigenvalue weighted by molar-refractivity contribution is 0.153. The summed E-state index contributed by atoms with van der Waals surface area (Å²) in [5.41, 5.74) is 0.822. The molecule has 109 valence electrons. The number of nitrogens with zero attached hydrogens (tertiary/aromatic N) is 1. The number of hydrogen-bond donors (Lipinski definition) is 1. The molecule has 1 aliphatic heterocycles. The summed E-state index contributed by atoms with van der Waals surface area (Å²) in [6.45, 7) is 3.84. The highest BCUT2D eigenvalue weighted by Crippen LogP contribution is 2.34. The SMILES string of the molecule is CS(=O)(=O)c1ccc[c]c1C1CNCCN1CC1CC1. The molecule has 20 heavy (non-hydrogen) atoms. The summed E-state index contributed by atoms with van der Waals surface area (Å²) in [6, 6.07) is 8.56. The first-order chi connectivity index (χ1) is 9.55. The fraction of sp³-hybridized carbons (Fsp3) is 0.600. The maximum absolute atomic E-state index is 12.0. The molecule has 1 saturated carbocycles. The summed E-state index contributed by atoms with van der Waals surface area (Å²) in [4.78, 5) is 2.85. The van der Waals surface area contributed by atoms with Gasteiger partial charge in [0.2, 0.25) is 0 Å². The first-order valence-corrected chi connectivity index (χ1v) is 9.10. The number of benzene rings is 1. The van der Waals surface area contributed by atoms with Gasteiger partial charge < -0.3 is 5.32 Å². The Morgan fingerprint density at radius 3 is 2.95 bits per heavy atom. The van der Waals surface area contributed by atoms with E-state index in [0.717, 1.165) is 37.7 Å². The molecule has 4 nitrogen and oxygen atoms in total. The zero-order valence-corrected chi connectivity index (χ0v) is 12.6. The lowest BCUT2D eigenvalue weighted by Crippen LogP contribution is -2.47. The van der Waals surface area contributed by atoms with E-state index in [1.807, 2.05) is 6.07 Å². The molecule has 3 rings (SSSR count). The summed E-state index contributed by atoms with van der Waals surface area (Å²) in [6.07, 6.45) is 3.91. The molecule has 0 spiro atoms. The van der Waals surface area contributed by atoms with Crippen LogP contribution in [0.5, 0.6) is 0 Å². The summed E-state index contributed by atoms with van der Waals surface area (Å²) < 4.78 is 24.0. The van der Waals surface area contributed by atoms with Crippen molar-refractivity contribution in [2.75, 3.05) is 32.4 Å². The average Bonchev–Trinajstić information content (AvgIpc) is 3.22. The number of sulfone groups is 1. The molecule has 1 heterocycles. The van der Waals surface area contributed by atoms with Crippen molar-refractivity contribution >= 4 is 9.84 Å². The molecule has 2 aliphatic rings. The van der Waals surface area contributed by atoms with Crippen LogP contribution in [-0.2, 0) is 9.84 Å². The maximum Gasteiger partial charge on any atom is 0.175 e. The van der Waals surface area contributed by atoms with Crippen LogP contribution in [0.25, 0.3) is 0 Å². The van der Waals surface area contributed by atoms with Crippen LogP contribution in [-0.4, -0.2) is 45.8 Å². The quantitative estimate of drug-likeness (QED) is 0.907. The van der Waals surface area contributed by atoms with Gasteiger partial charge in [-0.05, 0) is 36.5 Å². The summed E-state index contributed by atoms with van der Waals surface area (Å²) in [5.74, 6) is 0.806. The highest BCUT2D eigenvalue weighted by Gasteiger charge is 2.32. The van der Waals surface area contributed by atoms with Gasteiger partial charge in [-0.3, -0.25) is 4.90 Å². The molecule has 0 bridgehead atoms. The molecule has 1 radical (unpaired) electrons. The van der Waals surface area contributed by atoms with Crippen LogP contribution in [0.15, 0.2) is 23.1 Å². The van der Waals surface area contributed by atoms with Crippen molar-refractivity contribution < 1.29 is 8.42 Å². The number of nitrogens with one attached hydrogen (secondary N) is 1. The van der Waals surface area contributed by atoms with E-state index in [9.17, 15) is 8.42 Å².